The smallest absolute Gasteiger partial charge is 0.148 e. The van der Waals surface area contributed by atoms with E-state index in [1.165, 1.54) is 6.26 Å². The minimum atomic E-state index is -2.90. The summed E-state index contributed by atoms with van der Waals surface area (Å²) >= 11 is 0. The molecule has 1 aliphatic rings. The van der Waals surface area contributed by atoms with Gasteiger partial charge in [-0.3, -0.25) is 9.58 Å². The Kier molecular flexibility index (Phi) is 4.82. The molecule has 0 unspecified atom stereocenters. The molecule has 0 N–H and O–H groups in total. The van der Waals surface area contributed by atoms with Gasteiger partial charge in [-0.15, -0.1) is 0 Å². The van der Waals surface area contributed by atoms with Crippen LogP contribution in [-0.2, 0) is 21.1 Å². The van der Waals surface area contributed by atoms with Crippen molar-refractivity contribution in [2.45, 2.75) is 26.5 Å². The first-order valence-electron chi connectivity index (χ1n) is 6.86. The SMILES string of the molecule is Cc1cc(C)n(C[C@@H]2CN(CCS(C)(=O)=O)CCO2)n1. The van der Waals surface area contributed by atoms with Crippen LogP contribution in [0.25, 0.3) is 0 Å². The van der Waals surface area contributed by atoms with Gasteiger partial charge in [0.05, 0.1) is 30.7 Å². The zero-order chi connectivity index (χ0) is 14.8. The Balaban J connectivity index is 1.89. The first kappa shape index (κ1) is 15.5. The molecule has 20 heavy (non-hydrogen) atoms. The molecule has 1 saturated heterocycles. The zero-order valence-corrected chi connectivity index (χ0v) is 13.2. The Morgan fingerprint density at radius 1 is 1.45 bits per heavy atom. The number of rotatable bonds is 5. The van der Waals surface area contributed by atoms with E-state index in [0.29, 0.717) is 13.2 Å². The van der Waals surface area contributed by atoms with Crippen LogP contribution in [0.15, 0.2) is 6.07 Å². The van der Waals surface area contributed by atoms with Crippen molar-refractivity contribution in [3.05, 3.63) is 17.5 Å². The van der Waals surface area contributed by atoms with Crippen LogP contribution in [0.5, 0.6) is 0 Å². The first-order valence-corrected chi connectivity index (χ1v) is 8.92. The molecule has 1 aromatic rings. The largest absolute Gasteiger partial charge is 0.374 e. The van der Waals surface area contributed by atoms with E-state index in [4.69, 9.17) is 4.74 Å². The summed E-state index contributed by atoms with van der Waals surface area (Å²) in [5.74, 6) is 0.208. The molecule has 0 amide bonds. The average molecular weight is 301 g/mol. The van der Waals surface area contributed by atoms with Crippen LogP contribution in [0.4, 0.5) is 0 Å². The summed E-state index contributed by atoms with van der Waals surface area (Å²) in [5.41, 5.74) is 2.13. The molecule has 0 bridgehead atoms. The van der Waals surface area contributed by atoms with Gasteiger partial charge in [0.25, 0.3) is 0 Å². The molecule has 7 heteroatoms. The Hall–Kier alpha value is -0.920. The normalized spacial score (nSPS) is 21.2. The van der Waals surface area contributed by atoms with Crippen molar-refractivity contribution in [3.63, 3.8) is 0 Å². The van der Waals surface area contributed by atoms with Crippen LogP contribution in [0.3, 0.4) is 0 Å². The molecule has 0 spiro atoms. The van der Waals surface area contributed by atoms with Crippen molar-refractivity contribution in [1.29, 1.82) is 0 Å². The number of aryl methyl sites for hydroxylation is 2. The maximum atomic E-state index is 11.2. The number of morpholine rings is 1. The second-order valence-corrected chi connectivity index (χ2v) is 7.79. The van der Waals surface area contributed by atoms with Gasteiger partial charge in [-0.25, -0.2) is 8.42 Å². The van der Waals surface area contributed by atoms with Crippen molar-refractivity contribution < 1.29 is 13.2 Å². The van der Waals surface area contributed by atoms with Gasteiger partial charge in [0, 0.05) is 31.6 Å². The molecular formula is C13H23N3O3S. The van der Waals surface area contributed by atoms with Gasteiger partial charge in [-0.2, -0.15) is 5.10 Å². The fraction of sp³-hybridized carbons (Fsp3) is 0.769. The lowest BCUT2D eigenvalue weighted by atomic mass is 10.2. The lowest BCUT2D eigenvalue weighted by Gasteiger charge is -2.32. The second-order valence-electron chi connectivity index (χ2n) is 5.53. The number of aromatic nitrogens is 2. The zero-order valence-electron chi connectivity index (χ0n) is 12.4. The third-order valence-corrected chi connectivity index (χ3v) is 4.41. The van der Waals surface area contributed by atoms with Crippen LogP contribution in [-0.4, -0.2) is 67.5 Å². The predicted octanol–water partition coefficient (Wildman–Crippen LogP) is 0.245. The summed E-state index contributed by atoms with van der Waals surface area (Å²) < 4.78 is 30.2. The van der Waals surface area contributed by atoms with Crippen LogP contribution in [0, 0.1) is 13.8 Å². The topological polar surface area (TPSA) is 64.4 Å². The van der Waals surface area contributed by atoms with Gasteiger partial charge in [0.1, 0.15) is 9.84 Å². The van der Waals surface area contributed by atoms with E-state index in [9.17, 15) is 8.42 Å². The maximum Gasteiger partial charge on any atom is 0.148 e. The van der Waals surface area contributed by atoms with Crippen LogP contribution < -0.4 is 0 Å². The fourth-order valence-corrected chi connectivity index (χ4v) is 3.03. The number of sulfone groups is 1. The van der Waals surface area contributed by atoms with Crippen molar-refractivity contribution in [3.8, 4) is 0 Å². The molecule has 0 saturated carbocycles. The summed E-state index contributed by atoms with van der Waals surface area (Å²) in [6.07, 6.45) is 1.35. The molecule has 114 valence electrons. The Morgan fingerprint density at radius 2 is 2.20 bits per heavy atom. The summed E-state index contributed by atoms with van der Waals surface area (Å²) in [6.45, 7) is 7.50. The molecule has 0 aliphatic carbocycles. The van der Waals surface area contributed by atoms with Crippen molar-refractivity contribution in [2.24, 2.45) is 0 Å². The van der Waals surface area contributed by atoms with Crippen molar-refractivity contribution >= 4 is 9.84 Å². The number of hydrogen-bond acceptors (Lipinski definition) is 5. The summed E-state index contributed by atoms with van der Waals surface area (Å²) in [6, 6.07) is 2.05. The molecule has 2 heterocycles. The fourth-order valence-electron chi connectivity index (χ4n) is 2.44. The van der Waals surface area contributed by atoms with E-state index in [1.807, 2.05) is 24.6 Å². The molecule has 0 aromatic carbocycles. The van der Waals surface area contributed by atoms with Crippen LogP contribution in [0.2, 0.25) is 0 Å². The van der Waals surface area contributed by atoms with Crippen molar-refractivity contribution in [2.75, 3.05) is 38.2 Å². The molecule has 1 atom stereocenters. The standard InChI is InChI=1S/C13H23N3O3S/c1-11-8-12(2)16(14-11)10-13-9-15(4-6-19-13)5-7-20(3,17)18/h8,13H,4-7,9-10H2,1-3H3/t13-/m0/s1. The van der Waals surface area contributed by atoms with Gasteiger partial charge in [0.15, 0.2) is 0 Å². The average Bonchev–Trinajstić information content (AvgIpc) is 2.65. The molecule has 1 fully saturated rings. The molecule has 1 aromatic heterocycles. The monoisotopic (exact) mass is 301 g/mol. The third-order valence-electron chi connectivity index (χ3n) is 3.48. The highest BCUT2D eigenvalue weighted by molar-refractivity contribution is 7.90. The van der Waals surface area contributed by atoms with Gasteiger partial charge < -0.3 is 4.74 Å². The van der Waals surface area contributed by atoms with Crippen LogP contribution >= 0.6 is 0 Å². The predicted molar refractivity (Wildman–Crippen MR) is 77.6 cm³/mol. The number of hydrogen-bond donors (Lipinski definition) is 0. The van der Waals surface area contributed by atoms with Gasteiger partial charge in [-0.05, 0) is 19.9 Å². The molecule has 0 radical (unpaired) electrons. The van der Waals surface area contributed by atoms with E-state index >= 15 is 0 Å². The van der Waals surface area contributed by atoms with Gasteiger partial charge >= 0.3 is 0 Å². The molecule has 1 aliphatic heterocycles. The van der Waals surface area contributed by atoms with Crippen molar-refractivity contribution in [1.82, 2.24) is 14.7 Å². The van der Waals surface area contributed by atoms with Gasteiger partial charge in [0.2, 0.25) is 0 Å². The highest BCUT2D eigenvalue weighted by Gasteiger charge is 2.22. The Bertz CT molecular complexity index is 553. The number of nitrogens with zero attached hydrogens (tertiary/aromatic N) is 3. The minimum absolute atomic E-state index is 0.0707. The highest BCUT2D eigenvalue weighted by Crippen LogP contribution is 2.10. The maximum absolute atomic E-state index is 11.2. The van der Waals surface area contributed by atoms with E-state index < -0.39 is 9.84 Å². The van der Waals surface area contributed by atoms with E-state index in [0.717, 1.165) is 31.0 Å². The first-order chi connectivity index (χ1) is 9.33. The quantitative estimate of drug-likeness (QED) is 0.780. The van der Waals surface area contributed by atoms with Gasteiger partial charge in [-0.1, -0.05) is 0 Å². The minimum Gasteiger partial charge on any atom is -0.374 e. The lowest BCUT2D eigenvalue weighted by Crippen LogP contribution is -2.45. The lowest BCUT2D eigenvalue weighted by molar-refractivity contribution is -0.0358. The van der Waals surface area contributed by atoms with E-state index in [1.54, 1.807) is 0 Å². The summed E-state index contributed by atoms with van der Waals surface area (Å²) in [7, 11) is -2.90. The van der Waals surface area contributed by atoms with Crippen LogP contribution in [0.1, 0.15) is 11.4 Å². The van der Waals surface area contributed by atoms with E-state index in [-0.39, 0.29) is 11.9 Å². The Morgan fingerprint density at radius 3 is 2.80 bits per heavy atom. The highest BCUT2D eigenvalue weighted by atomic mass is 32.2. The molecule has 6 nitrogen and oxygen atoms in total. The van der Waals surface area contributed by atoms with E-state index in [2.05, 4.69) is 10.00 Å². The summed E-state index contributed by atoms with van der Waals surface area (Å²) in [4.78, 5) is 2.15. The summed E-state index contributed by atoms with van der Waals surface area (Å²) in [5, 5.41) is 4.44. The number of ether oxygens (including phenoxy) is 1. The molecule has 2 rings (SSSR count). The second kappa shape index (κ2) is 6.24. The molecular weight excluding hydrogens is 278 g/mol. The Labute approximate surface area is 120 Å². The third kappa shape index (κ3) is 4.57.